The fourth-order valence-electron chi connectivity index (χ4n) is 1.74. The van der Waals surface area contributed by atoms with Gasteiger partial charge in [0.15, 0.2) is 0 Å². The zero-order valence-electron chi connectivity index (χ0n) is 7.84. The molecule has 0 aliphatic carbocycles. The lowest BCUT2D eigenvalue weighted by Crippen LogP contribution is -2.29. The predicted molar refractivity (Wildman–Crippen MR) is 63.0 cm³/mol. The summed E-state index contributed by atoms with van der Waals surface area (Å²) in [5, 5.41) is 0.688. The Balaban J connectivity index is 2.18. The number of pyridine rings is 1. The maximum absolute atomic E-state index is 6.00. The smallest absolute Gasteiger partial charge is 0.124 e. The first kappa shape index (κ1) is 10.2. The van der Waals surface area contributed by atoms with E-state index in [-0.39, 0.29) is 0 Å². The van der Waals surface area contributed by atoms with Crippen molar-refractivity contribution in [2.24, 2.45) is 0 Å². The molecular formula is C10H12BrClN2. The minimum absolute atomic E-state index is 0.688. The van der Waals surface area contributed by atoms with E-state index in [9.17, 15) is 0 Å². The molecule has 4 heteroatoms. The second-order valence-electron chi connectivity index (χ2n) is 3.51. The van der Waals surface area contributed by atoms with Gasteiger partial charge in [0.2, 0.25) is 0 Å². The van der Waals surface area contributed by atoms with Gasteiger partial charge in [0.1, 0.15) is 4.60 Å². The zero-order chi connectivity index (χ0) is 9.97. The molecule has 1 aromatic rings. The van der Waals surface area contributed by atoms with Crippen molar-refractivity contribution in [3.05, 3.63) is 21.9 Å². The number of aromatic nitrogens is 1. The highest BCUT2D eigenvalue weighted by Gasteiger charge is 2.12. The Morgan fingerprint density at radius 1 is 1.29 bits per heavy atom. The van der Waals surface area contributed by atoms with Gasteiger partial charge < -0.3 is 4.90 Å². The van der Waals surface area contributed by atoms with Gasteiger partial charge in [-0.3, -0.25) is 0 Å². The highest BCUT2D eigenvalue weighted by molar-refractivity contribution is 9.10. The van der Waals surface area contributed by atoms with Crippen molar-refractivity contribution in [1.29, 1.82) is 0 Å². The minimum atomic E-state index is 0.688. The first-order valence-corrected chi connectivity index (χ1v) is 6.00. The summed E-state index contributed by atoms with van der Waals surface area (Å²) in [5.41, 5.74) is 1.14. The molecule has 0 saturated carbocycles. The molecule has 76 valence electrons. The molecule has 0 spiro atoms. The summed E-state index contributed by atoms with van der Waals surface area (Å²) >= 11 is 9.29. The van der Waals surface area contributed by atoms with Crippen LogP contribution >= 0.6 is 27.5 Å². The van der Waals surface area contributed by atoms with E-state index in [1.807, 2.05) is 12.3 Å². The molecular weight excluding hydrogens is 263 g/mol. The molecule has 1 aliphatic heterocycles. The van der Waals surface area contributed by atoms with E-state index in [4.69, 9.17) is 11.6 Å². The first-order chi connectivity index (χ1) is 6.77. The minimum Gasteiger partial charge on any atom is -0.370 e. The van der Waals surface area contributed by atoms with Crippen molar-refractivity contribution in [3.8, 4) is 0 Å². The van der Waals surface area contributed by atoms with Gasteiger partial charge >= 0.3 is 0 Å². The zero-order valence-corrected chi connectivity index (χ0v) is 10.2. The third-order valence-electron chi connectivity index (χ3n) is 2.50. The van der Waals surface area contributed by atoms with Crippen LogP contribution in [0, 0.1) is 0 Å². The van der Waals surface area contributed by atoms with Gasteiger partial charge in [0, 0.05) is 13.1 Å². The Labute approximate surface area is 97.4 Å². The number of rotatable bonds is 1. The SMILES string of the molecule is Clc1cc(N2CCCCC2)cnc1Br. The summed E-state index contributed by atoms with van der Waals surface area (Å²) in [7, 11) is 0. The second kappa shape index (κ2) is 4.49. The molecule has 2 rings (SSSR count). The van der Waals surface area contributed by atoms with Crippen LogP contribution < -0.4 is 4.90 Å². The average molecular weight is 276 g/mol. The molecule has 1 fully saturated rings. The molecule has 1 saturated heterocycles. The number of anilines is 1. The molecule has 0 radical (unpaired) electrons. The van der Waals surface area contributed by atoms with Crippen LogP contribution in [0.5, 0.6) is 0 Å². The fourth-order valence-corrected chi connectivity index (χ4v) is 2.11. The van der Waals surface area contributed by atoms with Crippen molar-refractivity contribution < 1.29 is 0 Å². The summed E-state index contributed by atoms with van der Waals surface area (Å²) in [6.07, 6.45) is 5.76. The van der Waals surface area contributed by atoms with E-state index in [0.29, 0.717) is 5.02 Å². The van der Waals surface area contributed by atoms with E-state index < -0.39 is 0 Å². The van der Waals surface area contributed by atoms with Crippen molar-refractivity contribution in [2.75, 3.05) is 18.0 Å². The number of hydrogen-bond acceptors (Lipinski definition) is 2. The van der Waals surface area contributed by atoms with Gasteiger partial charge in [0.25, 0.3) is 0 Å². The van der Waals surface area contributed by atoms with Gasteiger partial charge in [-0.15, -0.1) is 0 Å². The number of piperidine rings is 1. The molecule has 14 heavy (non-hydrogen) atoms. The van der Waals surface area contributed by atoms with Crippen LogP contribution in [-0.2, 0) is 0 Å². The van der Waals surface area contributed by atoms with Crippen molar-refractivity contribution in [3.63, 3.8) is 0 Å². The Bertz CT molecular complexity index is 324. The van der Waals surface area contributed by atoms with Crippen LogP contribution in [0.3, 0.4) is 0 Å². The third-order valence-corrected chi connectivity index (χ3v) is 3.65. The average Bonchev–Trinajstić information content (AvgIpc) is 2.23. The fraction of sp³-hybridized carbons (Fsp3) is 0.500. The lowest BCUT2D eigenvalue weighted by atomic mass is 10.1. The molecule has 2 nitrogen and oxygen atoms in total. The summed E-state index contributed by atoms with van der Waals surface area (Å²) in [5.74, 6) is 0. The van der Waals surface area contributed by atoms with E-state index in [2.05, 4.69) is 25.8 Å². The monoisotopic (exact) mass is 274 g/mol. The Morgan fingerprint density at radius 3 is 2.64 bits per heavy atom. The largest absolute Gasteiger partial charge is 0.370 e. The topological polar surface area (TPSA) is 16.1 Å². The van der Waals surface area contributed by atoms with Gasteiger partial charge in [-0.25, -0.2) is 4.98 Å². The molecule has 0 aromatic carbocycles. The molecule has 0 bridgehead atoms. The Kier molecular flexibility index (Phi) is 3.29. The maximum Gasteiger partial charge on any atom is 0.124 e. The lowest BCUT2D eigenvalue weighted by molar-refractivity contribution is 0.577. The highest BCUT2D eigenvalue weighted by Crippen LogP contribution is 2.26. The number of halogens is 2. The summed E-state index contributed by atoms with van der Waals surface area (Å²) in [6, 6.07) is 1.98. The molecule has 1 aliphatic rings. The molecule has 2 heterocycles. The number of hydrogen-bond donors (Lipinski definition) is 0. The third kappa shape index (κ3) is 2.20. The van der Waals surface area contributed by atoms with Crippen LogP contribution in [-0.4, -0.2) is 18.1 Å². The van der Waals surface area contributed by atoms with Crippen molar-refractivity contribution in [2.45, 2.75) is 19.3 Å². The van der Waals surface area contributed by atoms with Crippen LogP contribution in [0.25, 0.3) is 0 Å². The van der Waals surface area contributed by atoms with E-state index in [0.717, 1.165) is 23.4 Å². The molecule has 0 amide bonds. The van der Waals surface area contributed by atoms with E-state index in [1.165, 1.54) is 19.3 Å². The van der Waals surface area contributed by atoms with Crippen LogP contribution in [0.4, 0.5) is 5.69 Å². The summed E-state index contributed by atoms with van der Waals surface area (Å²) in [4.78, 5) is 6.54. The van der Waals surface area contributed by atoms with E-state index in [1.54, 1.807) is 0 Å². The molecule has 0 unspecified atom stereocenters. The van der Waals surface area contributed by atoms with Gasteiger partial charge in [0.05, 0.1) is 16.9 Å². The predicted octanol–water partition coefficient (Wildman–Crippen LogP) is 3.49. The molecule has 1 aromatic heterocycles. The van der Waals surface area contributed by atoms with E-state index >= 15 is 0 Å². The van der Waals surface area contributed by atoms with Crippen molar-refractivity contribution >= 4 is 33.2 Å². The molecule has 0 N–H and O–H groups in total. The van der Waals surface area contributed by atoms with Gasteiger partial charge in [-0.05, 0) is 41.3 Å². The molecule has 0 atom stereocenters. The summed E-state index contributed by atoms with van der Waals surface area (Å²) < 4.78 is 0.722. The number of nitrogens with zero attached hydrogens (tertiary/aromatic N) is 2. The Morgan fingerprint density at radius 2 is 2.00 bits per heavy atom. The standard InChI is InChI=1S/C10H12BrClN2/c11-10-9(12)6-8(7-13-10)14-4-2-1-3-5-14/h6-7H,1-5H2. The van der Waals surface area contributed by atoms with Crippen molar-refractivity contribution in [1.82, 2.24) is 4.98 Å². The Hall–Kier alpha value is -0.280. The summed E-state index contributed by atoms with van der Waals surface area (Å²) in [6.45, 7) is 2.25. The van der Waals surface area contributed by atoms with Gasteiger partial charge in [-0.1, -0.05) is 11.6 Å². The maximum atomic E-state index is 6.00. The van der Waals surface area contributed by atoms with Gasteiger partial charge in [-0.2, -0.15) is 0 Å². The van der Waals surface area contributed by atoms with Crippen LogP contribution in [0.15, 0.2) is 16.9 Å². The van der Waals surface area contributed by atoms with Crippen LogP contribution in [0.2, 0.25) is 5.02 Å². The highest BCUT2D eigenvalue weighted by atomic mass is 79.9. The first-order valence-electron chi connectivity index (χ1n) is 4.83. The lowest BCUT2D eigenvalue weighted by Gasteiger charge is -2.28. The normalized spacial score (nSPS) is 17.1. The second-order valence-corrected chi connectivity index (χ2v) is 4.67. The van der Waals surface area contributed by atoms with Crippen LogP contribution in [0.1, 0.15) is 19.3 Å². The quantitative estimate of drug-likeness (QED) is 0.730.